The van der Waals surface area contributed by atoms with Gasteiger partial charge in [-0.25, -0.2) is 0 Å². The summed E-state index contributed by atoms with van der Waals surface area (Å²) in [5, 5.41) is 10.7. The molecule has 1 heterocycles. The van der Waals surface area contributed by atoms with Crippen LogP contribution in [0.4, 0.5) is 0 Å². The van der Waals surface area contributed by atoms with E-state index in [1.54, 1.807) is 7.11 Å². The van der Waals surface area contributed by atoms with Crippen molar-refractivity contribution in [1.29, 1.82) is 0 Å². The molecule has 0 saturated heterocycles. The fourth-order valence-corrected chi connectivity index (χ4v) is 2.32. The van der Waals surface area contributed by atoms with Crippen LogP contribution in [0.25, 0.3) is 0 Å². The van der Waals surface area contributed by atoms with Crippen LogP contribution < -0.4 is 14.8 Å². The second kappa shape index (κ2) is 7.84. The molecule has 2 aromatic rings. The van der Waals surface area contributed by atoms with Gasteiger partial charge in [0.1, 0.15) is 0 Å². The van der Waals surface area contributed by atoms with E-state index < -0.39 is 0 Å². The molecule has 0 aliphatic carbocycles. The Hall–Kier alpha value is -2.01. The summed E-state index contributed by atoms with van der Waals surface area (Å²) in [6, 6.07) is 6.06. The van der Waals surface area contributed by atoms with E-state index in [1.165, 1.54) is 11.1 Å². The fourth-order valence-electron chi connectivity index (χ4n) is 2.32. The van der Waals surface area contributed by atoms with Gasteiger partial charge >= 0.3 is 0 Å². The largest absolute Gasteiger partial charge is 0.493 e. The minimum atomic E-state index is 0.701. The zero-order valence-corrected chi connectivity index (χ0v) is 13.8. The Labute approximate surface area is 132 Å². The van der Waals surface area contributed by atoms with Crippen LogP contribution in [0.3, 0.4) is 0 Å². The molecular weight excluding hydrogens is 278 g/mol. The minimum absolute atomic E-state index is 0.701. The van der Waals surface area contributed by atoms with Gasteiger partial charge in [-0.15, -0.1) is 0 Å². The zero-order chi connectivity index (χ0) is 15.9. The molecule has 2 rings (SSSR count). The molecule has 0 saturated carbocycles. The first-order valence-electron chi connectivity index (χ1n) is 7.66. The smallest absolute Gasteiger partial charge is 0.161 e. The number of hydrogen-bond donors (Lipinski definition) is 2. The molecule has 0 spiro atoms. The average Bonchev–Trinajstić information content (AvgIpc) is 2.85. The van der Waals surface area contributed by atoms with Crippen LogP contribution in [0.15, 0.2) is 18.2 Å². The Balaban J connectivity index is 1.95. The summed E-state index contributed by atoms with van der Waals surface area (Å²) in [4.78, 5) is 0. The third-order valence-corrected chi connectivity index (χ3v) is 3.60. The molecule has 0 amide bonds. The van der Waals surface area contributed by atoms with Gasteiger partial charge < -0.3 is 14.8 Å². The first-order chi connectivity index (χ1) is 10.7. The Kier molecular flexibility index (Phi) is 5.83. The van der Waals surface area contributed by atoms with Gasteiger partial charge in [-0.05, 0) is 38.0 Å². The van der Waals surface area contributed by atoms with Gasteiger partial charge in [0.25, 0.3) is 0 Å². The zero-order valence-electron chi connectivity index (χ0n) is 13.8. The summed E-state index contributed by atoms with van der Waals surface area (Å²) in [5.41, 5.74) is 4.56. The predicted molar refractivity (Wildman–Crippen MR) is 87.4 cm³/mol. The summed E-state index contributed by atoms with van der Waals surface area (Å²) in [5.74, 6) is 1.58. The average molecular weight is 303 g/mol. The number of nitrogens with one attached hydrogen (secondary N) is 2. The highest BCUT2D eigenvalue weighted by molar-refractivity contribution is 5.43. The number of methoxy groups -OCH3 is 1. The van der Waals surface area contributed by atoms with Gasteiger partial charge in [0.05, 0.1) is 19.4 Å². The van der Waals surface area contributed by atoms with Crippen LogP contribution in [-0.2, 0) is 13.1 Å². The normalized spacial score (nSPS) is 10.7. The number of aromatic amines is 1. The van der Waals surface area contributed by atoms with E-state index >= 15 is 0 Å². The Morgan fingerprint density at radius 2 is 2.00 bits per heavy atom. The molecule has 1 aromatic heterocycles. The van der Waals surface area contributed by atoms with Crippen LogP contribution in [0.2, 0.25) is 0 Å². The highest BCUT2D eigenvalue weighted by atomic mass is 16.5. The second-order valence-corrected chi connectivity index (χ2v) is 5.35. The number of benzene rings is 1. The number of rotatable bonds is 8. The third kappa shape index (κ3) is 4.01. The van der Waals surface area contributed by atoms with Crippen molar-refractivity contribution in [2.45, 2.75) is 40.3 Å². The van der Waals surface area contributed by atoms with E-state index in [4.69, 9.17) is 9.47 Å². The standard InChI is InChI=1S/C17H25N3O2/c1-5-8-22-16-7-6-14(9-17(16)21-4)10-18-11-15-12(2)19-20-13(15)3/h6-7,9,18H,5,8,10-11H2,1-4H3,(H,19,20). The second-order valence-electron chi connectivity index (χ2n) is 5.35. The van der Waals surface area contributed by atoms with E-state index in [0.717, 1.165) is 42.4 Å². The van der Waals surface area contributed by atoms with E-state index in [-0.39, 0.29) is 0 Å². The number of aromatic nitrogens is 2. The van der Waals surface area contributed by atoms with Gasteiger partial charge in [-0.1, -0.05) is 13.0 Å². The van der Waals surface area contributed by atoms with Gasteiger partial charge in [0.2, 0.25) is 0 Å². The number of ether oxygens (including phenoxy) is 2. The number of H-pyrrole nitrogens is 1. The molecule has 0 atom stereocenters. The molecule has 2 N–H and O–H groups in total. The highest BCUT2D eigenvalue weighted by Gasteiger charge is 2.07. The summed E-state index contributed by atoms with van der Waals surface area (Å²) >= 11 is 0. The summed E-state index contributed by atoms with van der Waals surface area (Å²) in [6.07, 6.45) is 0.982. The molecule has 0 radical (unpaired) electrons. The van der Waals surface area contributed by atoms with E-state index in [9.17, 15) is 0 Å². The molecule has 0 aliphatic heterocycles. The van der Waals surface area contributed by atoms with Crippen molar-refractivity contribution in [2.24, 2.45) is 0 Å². The van der Waals surface area contributed by atoms with Crippen molar-refractivity contribution in [1.82, 2.24) is 15.5 Å². The molecule has 22 heavy (non-hydrogen) atoms. The Morgan fingerprint density at radius 1 is 1.18 bits per heavy atom. The molecule has 0 aliphatic rings. The molecule has 1 aromatic carbocycles. The van der Waals surface area contributed by atoms with Gasteiger partial charge in [-0.3, -0.25) is 5.10 Å². The summed E-state index contributed by atoms with van der Waals surface area (Å²) in [7, 11) is 1.67. The highest BCUT2D eigenvalue weighted by Crippen LogP contribution is 2.28. The monoisotopic (exact) mass is 303 g/mol. The predicted octanol–water partition coefficient (Wildman–Crippen LogP) is 3.11. The lowest BCUT2D eigenvalue weighted by Crippen LogP contribution is -2.14. The Bertz CT molecular complexity index is 588. The summed E-state index contributed by atoms with van der Waals surface area (Å²) < 4.78 is 11.1. The van der Waals surface area contributed by atoms with Gasteiger partial charge in [0.15, 0.2) is 11.5 Å². The molecule has 0 unspecified atom stereocenters. The molecule has 120 valence electrons. The number of aryl methyl sites for hydroxylation is 2. The number of nitrogens with zero attached hydrogens (tertiary/aromatic N) is 1. The number of hydrogen-bond acceptors (Lipinski definition) is 4. The summed E-state index contributed by atoms with van der Waals surface area (Å²) in [6.45, 7) is 8.42. The third-order valence-electron chi connectivity index (χ3n) is 3.60. The van der Waals surface area contributed by atoms with Crippen molar-refractivity contribution in [3.63, 3.8) is 0 Å². The lowest BCUT2D eigenvalue weighted by molar-refractivity contribution is 0.294. The van der Waals surface area contributed by atoms with Crippen LogP contribution in [-0.4, -0.2) is 23.9 Å². The Morgan fingerprint density at radius 3 is 2.64 bits per heavy atom. The van der Waals surface area contributed by atoms with Crippen molar-refractivity contribution < 1.29 is 9.47 Å². The maximum Gasteiger partial charge on any atom is 0.161 e. The van der Waals surface area contributed by atoms with E-state index in [1.807, 2.05) is 26.0 Å². The molecule has 0 fully saturated rings. The maximum atomic E-state index is 5.67. The maximum absolute atomic E-state index is 5.67. The van der Waals surface area contributed by atoms with Crippen molar-refractivity contribution in [2.75, 3.05) is 13.7 Å². The van der Waals surface area contributed by atoms with Crippen molar-refractivity contribution in [3.8, 4) is 11.5 Å². The first-order valence-corrected chi connectivity index (χ1v) is 7.66. The first kappa shape index (κ1) is 16.4. The van der Waals surface area contributed by atoms with Crippen LogP contribution in [0, 0.1) is 13.8 Å². The molecular formula is C17H25N3O2. The lowest BCUT2D eigenvalue weighted by Gasteiger charge is -2.12. The molecule has 0 bridgehead atoms. The fraction of sp³-hybridized carbons (Fsp3) is 0.471. The van der Waals surface area contributed by atoms with E-state index in [2.05, 4.69) is 28.5 Å². The quantitative estimate of drug-likeness (QED) is 0.786. The minimum Gasteiger partial charge on any atom is -0.493 e. The van der Waals surface area contributed by atoms with E-state index in [0.29, 0.717) is 6.61 Å². The topological polar surface area (TPSA) is 59.2 Å². The van der Waals surface area contributed by atoms with Gasteiger partial charge in [0, 0.05) is 24.3 Å². The van der Waals surface area contributed by atoms with Gasteiger partial charge in [-0.2, -0.15) is 5.10 Å². The molecule has 5 nitrogen and oxygen atoms in total. The van der Waals surface area contributed by atoms with Crippen LogP contribution in [0.1, 0.15) is 35.9 Å². The van der Waals surface area contributed by atoms with Crippen LogP contribution in [0.5, 0.6) is 11.5 Å². The van der Waals surface area contributed by atoms with Crippen molar-refractivity contribution in [3.05, 3.63) is 40.7 Å². The van der Waals surface area contributed by atoms with Crippen LogP contribution >= 0.6 is 0 Å². The molecule has 5 heteroatoms. The van der Waals surface area contributed by atoms with Crippen molar-refractivity contribution >= 4 is 0 Å². The SMILES string of the molecule is CCCOc1ccc(CNCc2c(C)n[nH]c2C)cc1OC. The lowest BCUT2D eigenvalue weighted by atomic mass is 10.1.